The fraction of sp³-hybridized carbons (Fsp3) is 0.467. The predicted molar refractivity (Wildman–Crippen MR) is 158 cm³/mol. The van der Waals surface area contributed by atoms with Crippen LogP contribution in [0.15, 0.2) is 48.5 Å². The second kappa shape index (κ2) is 14.1. The number of ether oxygens (including phenoxy) is 3. The fourth-order valence-corrected chi connectivity index (χ4v) is 5.20. The van der Waals surface area contributed by atoms with Gasteiger partial charge in [-0.1, -0.05) is 43.1 Å². The molecule has 0 saturated carbocycles. The predicted octanol–water partition coefficient (Wildman–Crippen LogP) is 7.47. The molecule has 0 amide bonds. The monoisotopic (exact) mass is 573 g/mol. The topological polar surface area (TPSA) is 64.1 Å². The van der Waals surface area contributed by atoms with E-state index in [1.165, 1.54) is 0 Å². The van der Waals surface area contributed by atoms with Crippen LogP contribution in [0.1, 0.15) is 40.0 Å². The van der Waals surface area contributed by atoms with Crippen LogP contribution in [-0.2, 0) is 4.74 Å². The first kappa shape index (κ1) is 29.2. The Bertz CT molecular complexity index is 1250. The number of carbonyl (C=O) groups is 1. The van der Waals surface area contributed by atoms with Crippen LogP contribution < -0.4 is 14.4 Å². The molecule has 0 radical (unpaired) electrons. The summed E-state index contributed by atoms with van der Waals surface area (Å²) in [4.78, 5) is 21.3. The maximum absolute atomic E-state index is 12.1. The van der Waals surface area contributed by atoms with Crippen molar-refractivity contribution in [1.82, 2.24) is 9.88 Å². The minimum atomic E-state index is -0.739. The highest BCUT2D eigenvalue weighted by molar-refractivity contribution is 6.43. The number of nitrogens with zero attached hydrogens (tertiary/aromatic N) is 3. The Morgan fingerprint density at radius 3 is 2.54 bits per heavy atom. The van der Waals surface area contributed by atoms with Crippen molar-refractivity contribution in [2.75, 3.05) is 44.2 Å². The third-order valence-electron chi connectivity index (χ3n) is 6.71. The molecule has 1 aliphatic heterocycles. The number of unbranched alkanes of at least 4 members (excludes halogenated alkanes) is 1. The third kappa shape index (κ3) is 8.62. The van der Waals surface area contributed by atoms with E-state index in [9.17, 15) is 4.79 Å². The molecule has 0 aliphatic carbocycles. The first-order valence-corrected chi connectivity index (χ1v) is 14.4. The van der Waals surface area contributed by atoms with Gasteiger partial charge in [0.2, 0.25) is 5.88 Å². The van der Waals surface area contributed by atoms with Gasteiger partial charge in [0.25, 0.3) is 0 Å². The van der Waals surface area contributed by atoms with Crippen LogP contribution in [-0.4, -0.2) is 61.5 Å². The van der Waals surface area contributed by atoms with Gasteiger partial charge in [-0.15, -0.1) is 0 Å². The average molecular weight is 575 g/mol. The van der Waals surface area contributed by atoms with Crippen molar-refractivity contribution in [3.8, 4) is 11.6 Å². The number of rotatable bonds is 11. The van der Waals surface area contributed by atoms with Gasteiger partial charge in [-0.05, 0) is 69.0 Å². The van der Waals surface area contributed by atoms with Gasteiger partial charge in [-0.25, -0.2) is 9.78 Å². The molecule has 2 heterocycles. The average Bonchev–Trinajstić information content (AvgIpc) is 2.89. The quantitative estimate of drug-likeness (QED) is 0.174. The zero-order chi connectivity index (χ0) is 27.8. The summed E-state index contributed by atoms with van der Waals surface area (Å²) in [6, 6.07) is 15.1. The van der Waals surface area contributed by atoms with Gasteiger partial charge in [0.05, 0.1) is 27.9 Å². The molecule has 1 aliphatic rings. The Morgan fingerprint density at radius 2 is 1.77 bits per heavy atom. The van der Waals surface area contributed by atoms with Crippen molar-refractivity contribution < 1.29 is 19.0 Å². The van der Waals surface area contributed by atoms with Crippen LogP contribution in [0.2, 0.25) is 10.0 Å². The number of hydrogen-bond donors (Lipinski definition) is 0. The van der Waals surface area contributed by atoms with Gasteiger partial charge in [0.1, 0.15) is 11.9 Å². The first-order valence-electron chi connectivity index (χ1n) is 13.6. The zero-order valence-electron chi connectivity index (χ0n) is 22.9. The molecule has 0 spiro atoms. The number of fused-ring (bicyclic) bond motifs is 1. The van der Waals surface area contributed by atoms with Gasteiger partial charge in [-0.2, -0.15) is 0 Å². The molecule has 1 unspecified atom stereocenters. The van der Waals surface area contributed by atoms with E-state index in [1.807, 2.05) is 49.4 Å². The van der Waals surface area contributed by atoms with Crippen molar-refractivity contribution in [2.45, 2.75) is 46.1 Å². The number of pyridine rings is 1. The Kier molecular flexibility index (Phi) is 10.5. The Balaban J connectivity index is 1.18. The molecule has 7 nitrogen and oxygen atoms in total. The third-order valence-corrected chi connectivity index (χ3v) is 7.52. The number of piperazine rings is 1. The largest absolute Gasteiger partial charge is 0.515 e. The molecular weight excluding hydrogens is 537 g/mol. The van der Waals surface area contributed by atoms with Gasteiger partial charge < -0.3 is 19.1 Å². The molecule has 2 aromatic carbocycles. The number of benzene rings is 2. The smallest absolute Gasteiger partial charge is 0.494 e. The molecule has 1 aromatic heterocycles. The lowest BCUT2D eigenvalue weighted by molar-refractivity contribution is 0.0563. The van der Waals surface area contributed by atoms with Crippen molar-refractivity contribution in [3.63, 3.8) is 0 Å². The molecule has 1 fully saturated rings. The highest BCUT2D eigenvalue weighted by atomic mass is 35.5. The van der Waals surface area contributed by atoms with E-state index in [-0.39, 0.29) is 12.0 Å². The molecule has 0 bridgehead atoms. The van der Waals surface area contributed by atoms with Crippen molar-refractivity contribution >= 4 is 45.9 Å². The second-order valence-corrected chi connectivity index (χ2v) is 11.2. The summed E-state index contributed by atoms with van der Waals surface area (Å²) in [5.74, 6) is 1.38. The Labute approximate surface area is 240 Å². The van der Waals surface area contributed by atoms with E-state index in [4.69, 9.17) is 37.4 Å². The van der Waals surface area contributed by atoms with Crippen LogP contribution in [0.25, 0.3) is 10.9 Å². The summed E-state index contributed by atoms with van der Waals surface area (Å²) in [5.41, 5.74) is 1.71. The molecule has 3 aromatic rings. The summed E-state index contributed by atoms with van der Waals surface area (Å²) in [5, 5.41) is 2.17. The van der Waals surface area contributed by atoms with Crippen molar-refractivity contribution in [2.24, 2.45) is 5.92 Å². The highest BCUT2D eigenvalue weighted by Gasteiger charge is 2.19. The summed E-state index contributed by atoms with van der Waals surface area (Å²) in [7, 11) is 0. The van der Waals surface area contributed by atoms with Crippen LogP contribution in [0.3, 0.4) is 0 Å². The van der Waals surface area contributed by atoms with Crippen molar-refractivity contribution in [3.05, 3.63) is 58.6 Å². The zero-order valence-corrected chi connectivity index (χ0v) is 24.4. The Hall–Kier alpha value is -2.74. The maximum atomic E-state index is 12.1. The molecule has 210 valence electrons. The summed E-state index contributed by atoms with van der Waals surface area (Å²) >= 11 is 12.6. The summed E-state index contributed by atoms with van der Waals surface area (Å²) in [6.45, 7) is 11.5. The fourth-order valence-electron chi connectivity index (χ4n) is 4.79. The highest BCUT2D eigenvalue weighted by Crippen LogP contribution is 2.33. The molecule has 4 rings (SSSR count). The minimum absolute atomic E-state index is 0.208. The van der Waals surface area contributed by atoms with Crippen LogP contribution in [0.5, 0.6) is 11.6 Å². The summed E-state index contributed by atoms with van der Waals surface area (Å²) in [6.07, 6.45) is 1.83. The lowest BCUT2D eigenvalue weighted by atomic mass is 10.1. The van der Waals surface area contributed by atoms with E-state index in [1.54, 1.807) is 6.07 Å². The standard InChI is InChI=1S/C30H37Cl2N3O4/c1-21(2)19-22(3)38-30(36)39-28-12-10-23-9-11-24(20-26(23)33-28)37-18-5-4-13-34-14-16-35(17-15-34)27-8-6-7-25(31)29(27)32/h6-12,20-22H,4-5,13-19H2,1-3H3. The number of aromatic nitrogens is 1. The Morgan fingerprint density at radius 1 is 1.00 bits per heavy atom. The lowest BCUT2D eigenvalue weighted by Crippen LogP contribution is -2.46. The van der Waals surface area contributed by atoms with E-state index in [0.717, 1.165) is 68.8 Å². The van der Waals surface area contributed by atoms with Crippen LogP contribution >= 0.6 is 23.2 Å². The normalized spacial score (nSPS) is 15.0. The summed E-state index contributed by atoms with van der Waals surface area (Å²) < 4.78 is 16.6. The second-order valence-electron chi connectivity index (χ2n) is 10.4. The van der Waals surface area contributed by atoms with Gasteiger partial charge in [-0.3, -0.25) is 4.90 Å². The van der Waals surface area contributed by atoms with Gasteiger partial charge in [0, 0.05) is 43.7 Å². The van der Waals surface area contributed by atoms with E-state index in [0.29, 0.717) is 28.1 Å². The number of hydrogen-bond acceptors (Lipinski definition) is 7. The number of carbonyl (C=O) groups excluding carboxylic acids is 1. The van der Waals surface area contributed by atoms with E-state index < -0.39 is 6.16 Å². The van der Waals surface area contributed by atoms with E-state index in [2.05, 4.69) is 28.6 Å². The maximum Gasteiger partial charge on any atom is 0.515 e. The molecule has 1 saturated heterocycles. The van der Waals surface area contributed by atoms with Crippen LogP contribution in [0.4, 0.5) is 10.5 Å². The first-order chi connectivity index (χ1) is 18.8. The molecular formula is C30H37Cl2N3O4. The molecule has 1 atom stereocenters. The van der Waals surface area contributed by atoms with Gasteiger partial charge in [0.15, 0.2) is 0 Å². The number of anilines is 1. The SMILES string of the molecule is CC(C)CC(C)OC(=O)Oc1ccc2ccc(OCCCCN3CCN(c4cccc(Cl)c4Cl)CC3)cc2n1. The van der Waals surface area contributed by atoms with Gasteiger partial charge >= 0.3 is 6.16 Å². The molecule has 0 N–H and O–H groups in total. The van der Waals surface area contributed by atoms with Crippen molar-refractivity contribution in [1.29, 1.82) is 0 Å². The molecule has 39 heavy (non-hydrogen) atoms. The lowest BCUT2D eigenvalue weighted by Gasteiger charge is -2.36. The van der Waals surface area contributed by atoms with E-state index >= 15 is 0 Å². The minimum Gasteiger partial charge on any atom is -0.494 e. The van der Waals surface area contributed by atoms with Crippen LogP contribution in [0, 0.1) is 5.92 Å². The molecule has 9 heteroatoms. The number of halogens is 2.